The number of pyridine rings is 1. The Morgan fingerprint density at radius 2 is 1.84 bits per heavy atom. The zero-order valence-corrected chi connectivity index (χ0v) is 19.2. The average molecular weight is 434 g/mol. The summed E-state index contributed by atoms with van der Waals surface area (Å²) in [6, 6.07) is 12.3. The van der Waals surface area contributed by atoms with E-state index < -0.39 is 5.41 Å². The number of likely N-dealkylation sites (tertiary alicyclic amines) is 1. The Morgan fingerprint density at radius 1 is 1.09 bits per heavy atom. The lowest BCUT2D eigenvalue weighted by Gasteiger charge is -2.41. The summed E-state index contributed by atoms with van der Waals surface area (Å²) in [5.41, 5.74) is 2.86. The van der Waals surface area contributed by atoms with Crippen molar-refractivity contribution in [2.45, 2.75) is 57.8 Å². The molecule has 0 unspecified atom stereocenters. The minimum absolute atomic E-state index is 0.0801. The fourth-order valence-electron chi connectivity index (χ4n) is 5.56. The van der Waals surface area contributed by atoms with Crippen LogP contribution in [0.3, 0.4) is 0 Å². The van der Waals surface area contributed by atoms with Gasteiger partial charge in [0.1, 0.15) is 0 Å². The van der Waals surface area contributed by atoms with Crippen LogP contribution in [0.4, 0.5) is 0 Å². The molecule has 170 valence electrons. The predicted molar refractivity (Wildman–Crippen MR) is 127 cm³/mol. The van der Waals surface area contributed by atoms with Crippen molar-refractivity contribution >= 4 is 11.8 Å². The number of amides is 2. The number of rotatable bonds is 7. The van der Waals surface area contributed by atoms with E-state index in [1.165, 1.54) is 25.7 Å². The average Bonchev–Trinajstić information content (AvgIpc) is 3.37. The van der Waals surface area contributed by atoms with Crippen LogP contribution in [-0.4, -0.2) is 41.8 Å². The Labute approximate surface area is 191 Å². The van der Waals surface area contributed by atoms with Crippen LogP contribution >= 0.6 is 0 Å². The van der Waals surface area contributed by atoms with E-state index in [4.69, 9.17) is 0 Å². The molecule has 2 aliphatic rings. The van der Waals surface area contributed by atoms with Gasteiger partial charge in [0, 0.05) is 44.5 Å². The van der Waals surface area contributed by atoms with Crippen molar-refractivity contribution in [1.82, 2.24) is 15.2 Å². The molecule has 2 amide bonds. The third kappa shape index (κ3) is 5.03. The van der Waals surface area contributed by atoms with Gasteiger partial charge in [-0.2, -0.15) is 0 Å². The molecular weight excluding hydrogens is 398 g/mol. The standard InChI is InChI=1S/C27H35N3O2/c1-28-26(32)27(19-22-9-4-5-11-24(22)23-10-6-16-29-20-23)14-17-30(18-15-27)25(31)13-12-21-7-2-3-8-21/h4-6,9-11,16,20-21H,2-3,7-8,12-15,17-19H2,1H3,(H,28,32). The first-order valence-electron chi connectivity index (χ1n) is 12.1. The number of carbonyl (C=O) groups is 2. The topological polar surface area (TPSA) is 62.3 Å². The largest absolute Gasteiger partial charge is 0.359 e. The van der Waals surface area contributed by atoms with Crippen LogP contribution in [0.5, 0.6) is 0 Å². The van der Waals surface area contributed by atoms with Crippen molar-refractivity contribution in [3.8, 4) is 11.1 Å². The molecule has 2 heterocycles. The predicted octanol–water partition coefficient (Wildman–Crippen LogP) is 4.62. The second kappa shape index (κ2) is 10.3. The molecule has 1 saturated heterocycles. The summed E-state index contributed by atoms with van der Waals surface area (Å²) in [5, 5.41) is 2.91. The summed E-state index contributed by atoms with van der Waals surface area (Å²) < 4.78 is 0. The van der Waals surface area contributed by atoms with Gasteiger partial charge in [0.25, 0.3) is 0 Å². The van der Waals surface area contributed by atoms with Crippen LogP contribution in [0.25, 0.3) is 11.1 Å². The molecule has 5 heteroatoms. The van der Waals surface area contributed by atoms with Crippen LogP contribution in [0.15, 0.2) is 48.8 Å². The summed E-state index contributed by atoms with van der Waals surface area (Å²) in [5.74, 6) is 1.08. The molecule has 32 heavy (non-hydrogen) atoms. The van der Waals surface area contributed by atoms with Crippen molar-refractivity contribution in [2.24, 2.45) is 11.3 Å². The second-order valence-corrected chi connectivity index (χ2v) is 9.51. The lowest BCUT2D eigenvalue weighted by Crippen LogP contribution is -2.50. The Balaban J connectivity index is 1.46. The van der Waals surface area contributed by atoms with Gasteiger partial charge in [-0.25, -0.2) is 0 Å². The SMILES string of the molecule is CNC(=O)C1(Cc2ccccc2-c2cccnc2)CCN(C(=O)CCC2CCCC2)CC1. The highest BCUT2D eigenvalue weighted by Gasteiger charge is 2.42. The van der Waals surface area contributed by atoms with E-state index in [9.17, 15) is 9.59 Å². The molecule has 0 atom stereocenters. The van der Waals surface area contributed by atoms with Crippen molar-refractivity contribution in [1.29, 1.82) is 0 Å². The van der Waals surface area contributed by atoms with Gasteiger partial charge in [-0.15, -0.1) is 0 Å². The van der Waals surface area contributed by atoms with E-state index in [0.29, 0.717) is 38.8 Å². The molecule has 0 bridgehead atoms. The summed E-state index contributed by atoms with van der Waals surface area (Å²) in [7, 11) is 1.72. The van der Waals surface area contributed by atoms with Crippen molar-refractivity contribution in [2.75, 3.05) is 20.1 Å². The van der Waals surface area contributed by atoms with E-state index in [1.807, 2.05) is 29.3 Å². The van der Waals surface area contributed by atoms with E-state index in [1.54, 1.807) is 13.2 Å². The highest BCUT2D eigenvalue weighted by Crippen LogP contribution is 2.38. The fourth-order valence-corrected chi connectivity index (χ4v) is 5.56. The smallest absolute Gasteiger partial charge is 0.226 e. The number of hydrogen-bond acceptors (Lipinski definition) is 3. The van der Waals surface area contributed by atoms with Crippen molar-refractivity contribution < 1.29 is 9.59 Å². The van der Waals surface area contributed by atoms with Crippen LogP contribution in [0.1, 0.15) is 56.9 Å². The van der Waals surface area contributed by atoms with E-state index in [-0.39, 0.29) is 11.8 Å². The van der Waals surface area contributed by atoms with Crippen molar-refractivity contribution in [3.05, 3.63) is 54.4 Å². The van der Waals surface area contributed by atoms with E-state index in [2.05, 4.69) is 28.5 Å². The number of nitrogens with zero attached hydrogens (tertiary/aromatic N) is 2. The normalized spacial score (nSPS) is 18.5. The number of aromatic nitrogens is 1. The first kappa shape index (κ1) is 22.5. The zero-order valence-electron chi connectivity index (χ0n) is 19.2. The van der Waals surface area contributed by atoms with Gasteiger partial charge in [0.05, 0.1) is 5.41 Å². The molecule has 1 aliphatic carbocycles. The second-order valence-electron chi connectivity index (χ2n) is 9.51. The molecule has 1 aromatic heterocycles. The molecule has 5 nitrogen and oxygen atoms in total. The van der Waals surface area contributed by atoms with E-state index >= 15 is 0 Å². The van der Waals surface area contributed by atoms with Gasteiger partial charge in [-0.1, -0.05) is 56.0 Å². The molecule has 4 rings (SSSR count). The summed E-state index contributed by atoms with van der Waals surface area (Å²) >= 11 is 0. The number of carbonyl (C=O) groups excluding carboxylic acids is 2. The number of hydrogen-bond donors (Lipinski definition) is 1. The van der Waals surface area contributed by atoms with Gasteiger partial charge < -0.3 is 10.2 Å². The van der Waals surface area contributed by atoms with Crippen LogP contribution in [0, 0.1) is 11.3 Å². The number of benzene rings is 1. The van der Waals surface area contributed by atoms with Gasteiger partial charge in [-0.3, -0.25) is 14.6 Å². The summed E-state index contributed by atoms with van der Waals surface area (Å²) in [4.78, 5) is 32.2. The van der Waals surface area contributed by atoms with Gasteiger partial charge in [-0.05, 0) is 48.8 Å². The molecule has 1 aromatic carbocycles. The van der Waals surface area contributed by atoms with Gasteiger partial charge >= 0.3 is 0 Å². The Hall–Kier alpha value is -2.69. The molecule has 2 aromatic rings. The fraction of sp³-hybridized carbons (Fsp3) is 0.519. The Morgan fingerprint density at radius 3 is 2.53 bits per heavy atom. The van der Waals surface area contributed by atoms with Crippen LogP contribution in [-0.2, 0) is 16.0 Å². The first-order valence-corrected chi connectivity index (χ1v) is 12.1. The quantitative estimate of drug-likeness (QED) is 0.693. The lowest BCUT2D eigenvalue weighted by atomic mass is 9.72. The Kier molecular flexibility index (Phi) is 7.23. The third-order valence-corrected chi connectivity index (χ3v) is 7.54. The molecule has 0 radical (unpaired) electrons. The van der Waals surface area contributed by atoms with E-state index in [0.717, 1.165) is 29.0 Å². The molecule has 1 saturated carbocycles. The number of piperidine rings is 1. The van der Waals surface area contributed by atoms with Crippen LogP contribution < -0.4 is 5.32 Å². The summed E-state index contributed by atoms with van der Waals surface area (Å²) in [6.07, 6.45) is 12.6. The maximum absolute atomic E-state index is 13.1. The Bertz CT molecular complexity index is 914. The molecule has 1 N–H and O–H groups in total. The summed E-state index contributed by atoms with van der Waals surface area (Å²) in [6.45, 7) is 1.32. The molecular formula is C27H35N3O2. The van der Waals surface area contributed by atoms with Crippen molar-refractivity contribution in [3.63, 3.8) is 0 Å². The molecule has 0 spiro atoms. The maximum atomic E-state index is 13.1. The van der Waals surface area contributed by atoms with Crippen LogP contribution in [0.2, 0.25) is 0 Å². The zero-order chi connectivity index (χ0) is 22.4. The van der Waals surface area contributed by atoms with Gasteiger partial charge in [0.2, 0.25) is 11.8 Å². The lowest BCUT2D eigenvalue weighted by molar-refractivity contribution is -0.140. The highest BCUT2D eigenvalue weighted by atomic mass is 16.2. The molecule has 2 fully saturated rings. The van der Waals surface area contributed by atoms with Gasteiger partial charge in [0.15, 0.2) is 0 Å². The molecule has 1 aliphatic heterocycles. The maximum Gasteiger partial charge on any atom is 0.226 e. The first-order chi connectivity index (χ1) is 15.6. The highest BCUT2D eigenvalue weighted by molar-refractivity contribution is 5.84. The monoisotopic (exact) mass is 433 g/mol. The third-order valence-electron chi connectivity index (χ3n) is 7.54. The minimum Gasteiger partial charge on any atom is -0.359 e. The number of nitrogens with one attached hydrogen (secondary N) is 1. The minimum atomic E-state index is -0.491.